The summed E-state index contributed by atoms with van der Waals surface area (Å²) in [7, 11) is 4.24. The van der Waals surface area contributed by atoms with Gasteiger partial charge in [-0.05, 0) is 58.0 Å². The normalized spacial score (nSPS) is 17.6. The Hall–Kier alpha value is -2.40. The van der Waals surface area contributed by atoms with E-state index in [2.05, 4.69) is 71.7 Å². The molecule has 28 heavy (non-hydrogen) atoms. The number of piperidine rings is 1. The number of hydrogen-bond acceptors (Lipinski definition) is 4. The second kappa shape index (κ2) is 7.92. The number of imidazole rings is 1. The number of pyridine rings is 1. The summed E-state index contributed by atoms with van der Waals surface area (Å²) in [5, 5.41) is 1.27. The van der Waals surface area contributed by atoms with E-state index in [9.17, 15) is 0 Å². The minimum absolute atomic E-state index is 0.473. The standard InChI is InChI=1S/C23H31N5/c1-17-7-8-20-21(9-10-24-22(20)18(17)2)28-12-5-6-19(16-28)23-25-11-13-27(23)15-14-26(3)4/h7-11,13,19H,5-6,12,14-16H2,1-4H3/t19-/m1/s1. The third-order valence-corrected chi connectivity index (χ3v) is 6.08. The Morgan fingerprint density at radius 2 is 1.96 bits per heavy atom. The van der Waals surface area contributed by atoms with Crippen LogP contribution in [0, 0.1) is 13.8 Å². The van der Waals surface area contributed by atoms with Gasteiger partial charge in [-0.2, -0.15) is 0 Å². The molecule has 0 amide bonds. The van der Waals surface area contributed by atoms with Gasteiger partial charge in [-0.1, -0.05) is 12.1 Å². The molecular weight excluding hydrogens is 346 g/mol. The lowest BCUT2D eigenvalue weighted by Crippen LogP contribution is -2.35. The summed E-state index contributed by atoms with van der Waals surface area (Å²) in [4.78, 5) is 14.2. The Labute approximate surface area is 168 Å². The van der Waals surface area contributed by atoms with E-state index in [-0.39, 0.29) is 0 Å². The maximum Gasteiger partial charge on any atom is 0.113 e. The molecule has 0 bridgehead atoms. The fourth-order valence-electron chi connectivity index (χ4n) is 4.31. The number of rotatable bonds is 5. The molecule has 1 saturated heterocycles. The lowest BCUT2D eigenvalue weighted by atomic mass is 9.95. The Bertz CT molecular complexity index is 959. The van der Waals surface area contributed by atoms with E-state index >= 15 is 0 Å². The first-order valence-electron chi connectivity index (χ1n) is 10.3. The predicted molar refractivity (Wildman–Crippen MR) is 116 cm³/mol. The molecule has 1 aliphatic heterocycles. The minimum Gasteiger partial charge on any atom is -0.370 e. The van der Waals surface area contributed by atoms with Gasteiger partial charge in [0.05, 0.1) is 5.52 Å². The van der Waals surface area contributed by atoms with Crippen molar-refractivity contribution in [3.8, 4) is 0 Å². The predicted octanol–water partition coefficient (Wildman–Crippen LogP) is 3.99. The molecule has 3 aromatic rings. The number of fused-ring (bicyclic) bond motifs is 1. The van der Waals surface area contributed by atoms with Crippen LogP contribution in [0.4, 0.5) is 5.69 Å². The van der Waals surface area contributed by atoms with Crippen molar-refractivity contribution in [3.63, 3.8) is 0 Å². The van der Waals surface area contributed by atoms with E-state index in [0.717, 1.165) is 31.7 Å². The highest BCUT2D eigenvalue weighted by Crippen LogP contribution is 2.34. The van der Waals surface area contributed by atoms with E-state index in [1.165, 1.54) is 40.9 Å². The molecule has 0 spiro atoms. The van der Waals surface area contributed by atoms with Crippen molar-refractivity contribution < 1.29 is 0 Å². The Morgan fingerprint density at radius 3 is 2.79 bits per heavy atom. The molecule has 0 unspecified atom stereocenters. The van der Waals surface area contributed by atoms with Gasteiger partial charge in [-0.3, -0.25) is 4.98 Å². The quantitative estimate of drug-likeness (QED) is 0.674. The van der Waals surface area contributed by atoms with E-state index in [4.69, 9.17) is 4.98 Å². The summed E-state index contributed by atoms with van der Waals surface area (Å²) >= 11 is 0. The lowest BCUT2D eigenvalue weighted by Gasteiger charge is -2.35. The highest BCUT2D eigenvalue weighted by Gasteiger charge is 2.26. The van der Waals surface area contributed by atoms with Crippen molar-refractivity contribution in [2.45, 2.75) is 39.2 Å². The number of aromatic nitrogens is 3. The molecular formula is C23H31N5. The van der Waals surface area contributed by atoms with Gasteiger partial charge in [0.25, 0.3) is 0 Å². The van der Waals surface area contributed by atoms with Crippen molar-refractivity contribution in [1.29, 1.82) is 0 Å². The largest absolute Gasteiger partial charge is 0.370 e. The van der Waals surface area contributed by atoms with Crippen LogP contribution in [0.1, 0.15) is 35.7 Å². The third kappa shape index (κ3) is 3.63. The molecule has 0 N–H and O–H groups in total. The van der Waals surface area contributed by atoms with Crippen LogP contribution >= 0.6 is 0 Å². The van der Waals surface area contributed by atoms with Crippen LogP contribution in [-0.2, 0) is 6.54 Å². The highest BCUT2D eigenvalue weighted by molar-refractivity contribution is 5.94. The molecule has 5 nitrogen and oxygen atoms in total. The van der Waals surface area contributed by atoms with Gasteiger partial charge in [0.2, 0.25) is 0 Å². The second-order valence-electron chi connectivity index (χ2n) is 8.30. The summed E-state index contributed by atoms with van der Waals surface area (Å²) in [5.74, 6) is 1.71. The van der Waals surface area contributed by atoms with Gasteiger partial charge >= 0.3 is 0 Å². The molecule has 2 aromatic heterocycles. The van der Waals surface area contributed by atoms with Crippen LogP contribution in [0.5, 0.6) is 0 Å². The minimum atomic E-state index is 0.473. The maximum atomic E-state index is 4.74. The van der Waals surface area contributed by atoms with Gasteiger partial charge in [-0.15, -0.1) is 0 Å². The van der Waals surface area contributed by atoms with Crippen LogP contribution in [0.25, 0.3) is 10.9 Å². The lowest BCUT2D eigenvalue weighted by molar-refractivity contribution is 0.373. The summed E-state index contributed by atoms with van der Waals surface area (Å²) < 4.78 is 2.34. The molecule has 1 aliphatic rings. The van der Waals surface area contributed by atoms with Crippen LogP contribution in [0.15, 0.2) is 36.8 Å². The summed E-state index contributed by atoms with van der Waals surface area (Å²) in [6.07, 6.45) is 8.45. The molecule has 5 heteroatoms. The summed E-state index contributed by atoms with van der Waals surface area (Å²) in [5.41, 5.74) is 5.03. The van der Waals surface area contributed by atoms with E-state index in [1.54, 1.807) is 0 Å². The first-order chi connectivity index (χ1) is 13.5. The summed E-state index contributed by atoms with van der Waals surface area (Å²) in [6.45, 7) is 8.48. The number of aryl methyl sites for hydroxylation is 2. The third-order valence-electron chi connectivity index (χ3n) is 6.08. The van der Waals surface area contributed by atoms with Gasteiger partial charge in [0, 0.05) is 61.8 Å². The number of benzene rings is 1. The van der Waals surface area contributed by atoms with Crippen molar-refractivity contribution >= 4 is 16.6 Å². The molecule has 4 rings (SSSR count). The number of nitrogens with zero attached hydrogens (tertiary/aromatic N) is 5. The monoisotopic (exact) mass is 377 g/mol. The Balaban J connectivity index is 1.61. The Kier molecular flexibility index (Phi) is 5.36. The van der Waals surface area contributed by atoms with Gasteiger partial charge in [0.15, 0.2) is 0 Å². The molecule has 148 valence electrons. The zero-order valence-electron chi connectivity index (χ0n) is 17.5. The Morgan fingerprint density at radius 1 is 1.11 bits per heavy atom. The first kappa shape index (κ1) is 18.9. The fourth-order valence-corrected chi connectivity index (χ4v) is 4.31. The van der Waals surface area contributed by atoms with Crippen molar-refractivity contribution in [2.24, 2.45) is 0 Å². The molecule has 1 fully saturated rings. The average molecular weight is 378 g/mol. The van der Waals surface area contributed by atoms with Gasteiger partial charge in [0.1, 0.15) is 5.82 Å². The maximum absolute atomic E-state index is 4.74. The zero-order valence-corrected chi connectivity index (χ0v) is 17.5. The second-order valence-corrected chi connectivity index (χ2v) is 8.30. The highest BCUT2D eigenvalue weighted by atomic mass is 15.2. The van der Waals surface area contributed by atoms with Gasteiger partial charge in [-0.25, -0.2) is 4.98 Å². The number of likely N-dealkylation sites (N-methyl/N-ethyl adjacent to an activating group) is 1. The molecule has 0 aliphatic carbocycles. The zero-order chi connectivity index (χ0) is 19.7. The molecule has 1 aromatic carbocycles. The van der Waals surface area contributed by atoms with E-state index in [0.29, 0.717) is 5.92 Å². The van der Waals surface area contributed by atoms with Crippen LogP contribution < -0.4 is 4.90 Å². The smallest absolute Gasteiger partial charge is 0.113 e. The van der Waals surface area contributed by atoms with Crippen LogP contribution in [0.3, 0.4) is 0 Å². The molecule has 3 heterocycles. The molecule has 0 saturated carbocycles. The SMILES string of the molecule is Cc1ccc2c(N3CCC[C@@H](c4nccn4CCN(C)C)C3)ccnc2c1C. The van der Waals surface area contributed by atoms with Crippen LogP contribution in [-0.4, -0.2) is 53.2 Å². The summed E-state index contributed by atoms with van der Waals surface area (Å²) in [6, 6.07) is 6.64. The van der Waals surface area contributed by atoms with Gasteiger partial charge < -0.3 is 14.4 Å². The molecule has 1 atom stereocenters. The fraction of sp³-hybridized carbons (Fsp3) is 0.478. The topological polar surface area (TPSA) is 37.2 Å². The van der Waals surface area contributed by atoms with Crippen molar-refractivity contribution in [1.82, 2.24) is 19.4 Å². The van der Waals surface area contributed by atoms with E-state index in [1.807, 2.05) is 12.4 Å². The molecule has 0 radical (unpaired) electrons. The van der Waals surface area contributed by atoms with Crippen molar-refractivity contribution in [2.75, 3.05) is 38.6 Å². The van der Waals surface area contributed by atoms with Crippen molar-refractivity contribution in [3.05, 3.63) is 53.7 Å². The average Bonchev–Trinajstić information content (AvgIpc) is 3.18. The number of anilines is 1. The number of hydrogen-bond donors (Lipinski definition) is 0. The first-order valence-corrected chi connectivity index (χ1v) is 10.3. The van der Waals surface area contributed by atoms with E-state index < -0.39 is 0 Å². The van der Waals surface area contributed by atoms with Crippen LogP contribution in [0.2, 0.25) is 0 Å².